The van der Waals surface area contributed by atoms with Gasteiger partial charge in [0.1, 0.15) is 5.75 Å². The Labute approximate surface area is 162 Å². The van der Waals surface area contributed by atoms with E-state index < -0.39 is 6.10 Å². The van der Waals surface area contributed by atoms with Crippen LogP contribution in [0.15, 0.2) is 42.5 Å². The molecule has 0 radical (unpaired) electrons. The minimum atomic E-state index is -0.499. The summed E-state index contributed by atoms with van der Waals surface area (Å²) in [5.41, 5.74) is 5.04. The lowest BCUT2D eigenvalue weighted by Gasteiger charge is -2.31. The molecule has 4 heteroatoms. The number of nitrogens with zero attached hydrogens (tertiary/aromatic N) is 1. The summed E-state index contributed by atoms with van der Waals surface area (Å²) in [5, 5.41) is 3.01. The van der Waals surface area contributed by atoms with E-state index in [0.29, 0.717) is 6.54 Å². The highest BCUT2D eigenvalue weighted by Gasteiger charge is 2.17. The Kier molecular flexibility index (Phi) is 6.38. The molecule has 1 aliphatic heterocycles. The molecule has 0 saturated heterocycles. The summed E-state index contributed by atoms with van der Waals surface area (Å²) in [6.07, 6.45) is 2.79. The molecule has 1 heterocycles. The summed E-state index contributed by atoms with van der Waals surface area (Å²) in [4.78, 5) is 14.8. The quantitative estimate of drug-likeness (QED) is 0.752. The number of benzene rings is 2. The zero-order chi connectivity index (χ0) is 19.2. The number of nitrogens with one attached hydrogen (secondary N) is 1. The van der Waals surface area contributed by atoms with Crippen molar-refractivity contribution in [1.29, 1.82) is 0 Å². The van der Waals surface area contributed by atoms with Gasteiger partial charge in [0.15, 0.2) is 6.10 Å². The van der Waals surface area contributed by atoms with Crippen LogP contribution in [-0.2, 0) is 11.2 Å². The first-order valence-electron chi connectivity index (χ1n) is 9.89. The van der Waals surface area contributed by atoms with Gasteiger partial charge in [-0.1, -0.05) is 30.3 Å². The number of fused-ring (bicyclic) bond motifs is 1. The molecular weight excluding hydrogens is 336 g/mol. The van der Waals surface area contributed by atoms with Gasteiger partial charge in [-0.3, -0.25) is 4.79 Å². The molecule has 1 atom stereocenters. The van der Waals surface area contributed by atoms with Gasteiger partial charge in [0.2, 0.25) is 0 Å². The second-order valence-corrected chi connectivity index (χ2v) is 7.32. The summed E-state index contributed by atoms with van der Waals surface area (Å²) in [6.45, 7) is 8.59. The molecule has 0 aromatic heterocycles. The highest BCUT2D eigenvalue weighted by atomic mass is 16.5. The summed E-state index contributed by atoms with van der Waals surface area (Å²) >= 11 is 0. The molecule has 27 heavy (non-hydrogen) atoms. The lowest BCUT2D eigenvalue weighted by Crippen LogP contribution is -2.38. The Bertz CT molecular complexity index is 788. The van der Waals surface area contributed by atoms with Gasteiger partial charge in [-0.2, -0.15) is 0 Å². The number of hydrogen-bond donors (Lipinski definition) is 1. The zero-order valence-corrected chi connectivity index (χ0v) is 16.6. The fourth-order valence-electron chi connectivity index (χ4n) is 3.56. The highest BCUT2D eigenvalue weighted by molar-refractivity contribution is 5.80. The van der Waals surface area contributed by atoms with Crippen LogP contribution in [0.1, 0.15) is 36.5 Å². The average molecular weight is 367 g/mol. The molecule has 144 valence electrons. The number of carbonyl (C=O) groups is 1. The molecule has 1 unspecified atom stereocenters. The van der Waals surface area contributed by atoms with Crippen molar-refractivity contribution >= 4 is 11.6 Å². The average Bonchev–Trinajstić information content (AvgIpc) is 2.68. The smallest absolute Gasteiger partial charge is 0.260 e. The van der Waals surface area contributed by atoms with E-state index in [-0.39, 0.29) is 5.91 Å². The fourth-order valence-corrected chi connectivity index (χ4v) is 3.56. The van der Waals surface area contributed by atoms with E-state index in [0.717, 1.165) is 37.2 Å². The van der Waals surface area contributed by atoms with Crippen molar-refractivity contribution in [2.24, 2.45) is 0 Å². The zero-order valence-electron chi connectivity index (χ0n) is 16.6. The summed E-state index contributed by atoms with van der Waals surface area (Å²) < 4.78 is 5.86. The Morgan fingerprint density at radius 2 is 2.00 bits per heavy atom. The Hall–Kier alpha value is -2.49. The summed E-state index contributed by atoms with van der Waals surface area (Å²) in [7, 11) is 0. The topological polar surface area (TPSA) is 41.6 Å². The van der Waals surface area contributed by atoms with E-state index >= 15 is 0 Å². The molecule has 1 amide bonds. The monoisotopic (exact) mass is 366 g/mol. The second kappa shape index (κ2) is 8.94. The van der Waals surface area contributed by atoms with Gasteiger partial charge in [-0.05, 0) is 68.9 Å². The molecule has 3 rings (SSSR count). The van der Waals surface area contributed by atoms with E-state index in [1.54, 1.807) is 6.92 Å². The molecular formula is C23H30N2O2. The molecule has 1 N–H and O–H groups in total. The minimum absolute atomic E-state index is 0.0602. The van der Waals surface area contributed by atoms with Crippen LogP contribution in [0.5, 0.6) is 5.75 Å². The maximum Gasteiger partial charge on any atom is 0.260 e. The maximum absolute atomic E-state index is 12.3. The Morgan fingerprint density at radius 3 is 2.85 bits per heavy atom. The molecule has 0 saturated carbocycles. The van der Waals surface area contributed by atoms with Crippen LogP contribution in [0.25, 0.3) is 0 Å². The van der Waals surface area contributed by atoms with Crippen molar-refractivity contribution in [1.82, 2.24) is 5.32 Å². The lowest BCUT2D eigenvalue weighted by molar-refractivity contribution is -0.127. The van der Waals surface area contributed by atoms with Gasteiger partial charge >= 0.3 is 0 Å². The first kappa shape index (κ1) is 19.3. The summed E-state index contributed by atoms with van der Waals surface area (Å²) in [6, 6.07) is 14.6. The lowest BCUT2D eigenvalue weighted by atomic mass is 10.0. The third kappa shape index (κ3) is 4.82. The van der Waals surface area contributed by atoms with Crippen molar-refractivity contribution in [2.45, 2.75) is 46.1 Å². The van der Waals surface area contributed by atoms with Crippen LogP contribution in [0, 0.1) is 13.8 Å². The number of carbonyl (C=O) groups excluding carboxylic acids is 1. The number of amides is 1. The van der Waals surface area contributed by atoms with Gasteiger partial charge in [0, 0.05) is 25.3 Å². The maximum atomic E-state index is 12.3. The molecule has 0 fully saturated rings. The van der Waals surface area contributed by atoms with Gasteiger partial charge in [-0.25, -0.2) is 0 Å². The van der Waals surface area contributed by atoms with Crippen LogP contribution < -0.4 is 15.0 Å². The molecule has 2 aromatic carbocycles. The predicted octanol–water partition coefficient (Wildman–Crippen LogP) is 4.03. The van der Waals surface area contributed by atoms with Crippen molar-refractivity contribution in [3.8, 4) is 5.75 Å². The predicted molar refractivity (Wildman–Crippen MR) is 111 cm³/mol. The minimum Gasteiger partial charge on any atom is -0.481 e. The van der Waals surface area contributed by atoms with Crippen LogP contribution in [0.2, 0.25) is 0 Å². The normalized spacial score (nSPS) is 14.4. The molecule has 2 aromatic rings. The van der Waals surface area contributed by atoms with Crippen molar-refractivity contribution in [3.63, 3.8) is 0 Å². The standard InChI is InChI=1S/C23H30N2O2/c1-17-9-6-13-22(18(17)2)27-19(3)23(26)24-14-8-16-25-15-7-11-20-10-4-5-12-21(20)25/h4-6,9-10,12-13,19H,7-8,11,14-16H2,1-3H3,(H,24,26). The Morgan fingerprint density at radius 1 is 1.19 bits per heavy atom. The number of hydrogen-bond acceptors (Lipinski definition) is 3. The van der Waals surface area contributed by atoms with E-state index in [4.69, 9.17) is 4.74 Å². The number of aryl methyl sites for hydroxylation is 2. The van der Waals surface area contributed by atoms with E-state index in [1.165, 1.54) is 23.2 Å². The van der Waals surface area contributed by atoms with Crippen molar-refractivity contribution in [3.05, 3.63) is 59.2 Å². The third-order valence-electron chi connectivity index (χ3n) is 5.34. The van der Waals surface area contributed by atoms with E-state index in [9.17, 15) is 4.79 Å². The number of anilines is 1. The molecule has 0 spiro atoms. The number of ether oxygens (including phenoxy) is 1. The molecule has 1 aliphatic rings. The molecule has 0 aliphatic carbocycles. The third-order valence-corrected chi connectivity index (χ3v) is 5.34. The first-order valence-corrected chi connectivity index (χ1v) is 9.89. The van der Waals surface area contributed by atoms with Crippen LogP contribution >= 0.6 is 0 Å². The summed E-state index contributed by atoms with van der Waals surface area (Å²) in [5.74, 6) is 0.720. The highest BCUT2D eigenvalue weighted by Crippen LogP contribution is 2.26. The van der Waals surface area contributed by atoms with Crippen LogP contribution in [0.3, 0.4) is 0 Å². The van der Waals surface area contributed by atoms with Crippen LogP contribution in [-0.4, -0.2) is 31.6 Å². The largest absolute Gasteiger partial charge is 0.481 e. The Balaban J connectivity index is 1.44. The van der Waals surface area contributed by atoms with Gasteiger partial charge in [0.25, 0.3) is 5.91 Å². The van der Waals surface area contributed by atoms with Gasteiger partial charge in [0.05, 0.1) is 0 Å². The molecule has 4 nitrogen and oxygen atoms in total. The van der Waals surface area contributed by atoms with E-state index in [2.05, 4.69) is 34.5 Å². The van der Waals surface area contributed by atoms with Crippen molar-refractivity contribution < 1.29 is 9.53 Å². The number of rotatable bonds is 7. The molecule has 0 bridgehead atoms. The van der Waals surface area contributed by atoms with Gasteiger partial charge < -0.3 is 15.0 Å². The number of para-hydroxylation sites is 1. The second-order valence-electron chi connectivity index (χ2n) is 7.32. The fraction of sp³-hybridized carbons (Fsp3) is 0.435. The first-order chi connectivity index (χ1) is 13.1. The SMILES string of the molecule is Cc1cccc(OC(C)C(=O)NCCCN2CCCc3ccccc32)c1C. The van der Waals surface area contributed by atoms with Gasteiger partial charge in [-0.15, -0.1) is 0 Å². The van der Waals surface area contributed by atoms with Crippen molar-refractivity contribution in [2.75, 3.05) is 24.5 Å². The van der Waals surface area contributed by atoms with E-state index in [1.807, 2.05) is 32.0 Å². The van der Waals surface area contributed by atoms with Crippen LogP contribution in [0.4, 0.5) is 5.69 Å².